The molecule has 1 fully saturated rings. The molecule has 17 heavy (non-hydrogen) atoms. The Bertz CT molecular complexity index is 468. The van der Waals surface area contributed by atoms with Crippen LogP contribution < -0.4 is 4.74 Å². The third-order valence-electron chi connectivity index (χ3n) is 3.61. The molecule has 2 rings (SSSR count). The fourth-order valence-corrected chi connectivity index (χ4v) is 2.67. The SMILES string of the molecule is COc1cc(C2C(C(=O)O)C2(C)C)cc(C)n1. The van der Waals surface area contributed by atoms with Crippen LogP contribution in [0.3, 0.4) is 0 Å². The number of carboxylic acid groups (broad SMARTS) is 1. The van der Waals surface area contributed by atoms with Crippen molar-refractivity contribution in [2.75, 3.05) is 7.11 Å². The highest BCUT2D eigenvalue weighted by atomic mass is 16.5. The predicted octanol–water partition coefficient (Wildman–Crippen LogP) is 2.22. The minimum Gasteiger partial charge on any atom is -0.481 e. The van der Waals surface area contributed by atoms with Gasteiger partial charge in [-0.25, -0.2) is 4.98 Å². The van der Waals surface area contributed by atoms with Crippen LogP contribution in [0.25, 0.3) is 0 Å². The third-order valence-corrected chi connectivity index (χ3v) is 3.61. The summed E-state index contributed by atoms with van der Waals surface area (Å²) >= 11 is 0. The zero-order chi connectivity index (χ0) is 12.8. The number of rotatable bonds is 3. The lowest BCUT2D eigenvalue weighted by Crippen LogP contribution is -2.03. The number of ether oxygens (including phenoxy) is 1. The van der Waals surface area contributed by atoms with Gasteiger partial charge in [-0.15, -0.1) is 0 Å². The van der Waals surface area contributed by atoms with Gasteiger partial charge in [0, 0.05) is 17.7 Å². The molecule has 1 aliphatic rings. The summed E-state index contributed by atoms with van der Waals surface area (Å²) in [6.07, 6.45) is 0. The highest BCUT2D eigenvalue weighted by Gasteiger charge is 2.62. The maximum absolute atomic E-state index is 11.2. The molecule has 0 spiro atoms. The molecular weight excluding hydrogens is 218 g/mol. The maximum atomic E-state index is 11.2. The Hall–Kier alpha value is -1.58. The topological polar surface area (TPSA) is 59.4 Å². The smallest absolute Gasteiger partial charge is 0.307 e. The van der Waals surface area contributed by atoms with Gasteiger partial charge >= 0.3 is 5.97 Å². The van der Waals surface area contributed by atoms with E-state index in [1.807, 2.05) is 32.9 Å². The number of nitrogens with zero attached hydrogens (tertiary/aromatic N) is 1. The van der Waals surface area contributed by atoms with Crippen LogP contribution >= 0.6 is 0 Å². The van der Waals surface area contributed by atoms with Crippen LogP contribution in [-0.4, -0.2) is 23.2 Å². The summed E-state index contributed by atoms with van der Waals surface area (Å²) < 4.78 is 5.12. The van der Waals surface area contributed by atoms with Gasteiger partial charge in [0.15, 0.2) is 0 Å². The highest BCUT2D eigenvalue weighted by molar-refractivity contribution is 5.77. The first-order valence-corrected chi connectivity index (χ1v) is 5.63. The minimum absolute atomic E-state index is 0.0515. The molecule has 0 aromatic carbocycles. The molecule has 2 atom stereocenters. The number of hydrogen-bond acceptors (Lipinski definition) is 3. The van der Waals surface area contributed by atoms with Crippen LogP contribution in [0.15, 0.2) is 12.1 Å². The molecule has 4 nitrogen and oxygen atoms in total. The fraction of sp³-hybridized carbons (Fsp3) is 0.538. The predicted molar refractivity (Wildman–Crippen MR) is 63.2 cm³/mol. The van der Waals surface area contributed by atoms with E-state index in [4.69, 9.17) is 9.84 Å². The Kier molecular flexibility index (Phi) is 2.60. The van der Waals surface area contributed by atoms with Gasteiger partial charge in [0.05, 0.1) is 13.0 Å². The van der Waals surface area contributed by atoms with E-state index in [0.717, 1.165) is 11.3 Å². The van der Waals surface area contributed by atoms with Crippen LogP contribution in [-0.2, 0) is 4.79 Å². The zero-order valence-corrected chi connectivity index (χ0v) is 10.5. The van der Waals surface area contributed by atoms with Gasteiger partial charge in [-0.3, -0.25) is 4.79 Å². The molecule has 1 saturated carbocycles. The van der Waals surface area contributed by atoms with Crippen LogP contribution in [0.2, 0.25) is 0 Å². The molecule has 92 valence electrons. The summed E-state index contributed by atoms with van der Waals surface area (Å²) in [5, 5.41) is 9.17. The zero-order valence-electron chi connectivity index (χ0n) is 10.5. The average Bonchev–Trinajstić information content (AvgIpc) is 2.80. The first kappa shape index (κ1) is 11.9. The summed E-state index contributed by atoms with van der Waals surface area (Å²) in [6, 6.07) is 3.78. The van der Waals surface area contributed by atoms with Crippen LogP contribution in [0.5, 0.6) is 5.88 Å². The number of pyridine rings is 1. The number of aliphatic carboxylic acids is 1. The molecule has 1 heterocycles. The number of carboxylic acids is 1. The third kappa shape index (κ3) is 1.88. The Morgan fingerprint density at radius 3 is 2.59 bits per heavy atom. The number of carbonyl (C=O) groups is 1. The number of hydrogen-bond donors (Lipinski definition) is 1. The van der Waals surface area contributed by atoms with Crippen LogP contribution in [0.4, 0.5) is 0 Å². The largest absolute Gasteiger partial charge is 0.481 e. The number of methoxy groups -OCH3 is 1. The molecule has 1 aromatic rings. The lowest BCUT2D eigenvalue weighted by molar-refractivity contribution is -0.139. The summed E-state index contributed by atoms with van der Waals surface area (Å²) in [4.78, 5) is 15.4. The fourth-order valence-electron chi connectivity index (χ4n) is 2.67. The minimum atomic E-state index is -0.728. The molecule has 2 unspecified atom stereocenters. The molecule has 1 aliphatic carbocycles. The standard InChI is InChI=1S/C13H17NO3/c1-7-5-8(6-9(14-7)17-4)10-11(12(15)16)13(10,2)3/h5-6,10-11H,1-4H3,(H,15,16). The number of aryl methyl sites for hydroxylation is 1. The Morgan fingerprint density at radius 1 is 1.47 bits per heavy atom. The van der Waals surface area contributed by atoms with Crippen molar-refractivity contribution < 1.29 is 14.6 Å². The Balaban J connectivity index is 2.36. The van der Waals surface area contributed by atoms with Crippen LogP contribution in [0.1, 0.15) is 31.0 Å². The lowest BCUT2D eigenvalue weighted by atomic mass is 10.0. The average molecular weight is 235 g/mol. The first-order valence-electron chi connectivity index (χ1n) is 5.63. The van der Waals surface area contributed by atoms with Crippen molar-refractivity contribution in [2.45, 2.75) is 26.7 Å². The lowest BCUT2D eigenvalue weighted by Gasteiger charge is -2.06. The van der Waals surface area contributed by atoms with Crippen molar-refractivity contribution >= 4 is 5.97 Å². The van der Waals surface area contributed by atoms with E-state index in [9.17, 15) is 4.79 Å². The molecule has 0 bridgehead atoms. The summed E-state index contributed by atoms with van der Waals surface area (Å²) in [5.74, 6) is -0.440. The van der Waals surface area contributed by atoms with Crippen molar-refractivity contribution in [3.63, 3.8) is 0 Å². The molecule has 1 N–H and O–H groups in total. The number of aromatic nitrogens is 1. The van der Waals surface area contributed by atoms with Gasteiger partial charge in [0.1, 0.15) is 0 Å². The quantitative estimate of drug-likeness (QED) is 0.872. The first-order chi connectivity index (χ1) is 7.87. The van der Waals surface area contributed by atoms with Gasteiger partial charge in [0.2, 0.25) is 5.88 Å². The highest BCUT2D eigenvalue weighted by Crippen LogP contribution is 2.64. The van der Waals surface area contributed by atoms with Gasteiger partial charge in [0.25, 0.3) is 0 Å². The second kappa shape index (κ2) is 3.72. The van der Waals surface area contributed by atoms with Crippen molar-refractivity contribution in [3.8, 4) is 5.88 Å². The van der Waals surface area contributed by atoms with E-state index >= 15 is 0 Å². The molecular formula is C13H17NO3. The van der Waals surface area contributed by atoms with Gasteiger partial charge in [-0.1, -0.05) is 13.8 Å². The van der Waals surface area contributed by atoms with Crippen molar-refractivity contribution in [3.05, 3.63) is 23.4 Å². The van der Waals surface area contributed by atoms with Crippen LogP contribution in [0, 0.1) is 18.3 Å². The second-order valence-corrected chi connectivity index (χ2v) is 5.20. The molecule has 0 saturated heterocycles. The molecule has 0 amide bonds. The molecule has 0 aliphatic heterocycles. The van der Waals surface area contributed by atoms with Crippen molar-refractivity contribution in [1.82, 2.24) is 4.98 Å². The van der Waals surface area contributed by atoms with E-state index in [1.165, 1.54) is 0 Å². The molecule has 4 heteroatoms. The maximum Gasteiger partial charge on any atom is 0.307 e. The normalized spacial score (nSPS) is 25.4. The summed E-state index contributed by atoms with van der Waals surface area (Å²) in [5.41, 5.74) is 1.67. The van der Waals surface area contributed by atoms with E-state index < -0.39 is 5.97 Å². The summed E-state index contributed by atoms with van der Waals surface area (Å²) in [6.45, 7) is 5.86. The molecule has 1 aromatic heterocycles. The van der Waals surface area contributed by atoms with Gasteiger partial charge < -0.3 is 9.84 Å². The van der Waals surface area contributed by atoms with Crippen molar-refractivity contribution in [1.29, 1.82) is 0 Å². The van der Waals surface area contributed by atoms with Gasteiger partial charge in [-0.05, 0) is 24.0 Å². The van der Waals surface area contributed by atoms with E-state index in [-0.39, 0.29) is 17.3 Å². The van der Waals surface area contributed by atoms with E-state index in [2.05, 4.69) is 4.98 Å². The Labute approximate surface area is 101 Å². The van der Waals surface area contributed by atoms with Gasteiger partial charge in [-0.2, -0.15) is 0 Å². The van der Waals surface area contributed by atoms with E-state index in [1.54, 1.807) is 7.11 Å². The Morgan fingerprint density at radius 2 is 2.12 bits per heavy atom. The monoisotopic (exact) mass is 235 g/mol. The molecule has 0 radical (unpaired) electrons. The van der Waals surface area contributed by atoms with E-state index in [0.29, 0.717) is 5.88 Å². The van der Waals surface area contributed by atoms with Crippen molar-refractivity contribution in [2.24, 2.45) is 11.3 Å². The second-order valence-electron chi connectivity index (χ2n) is 5.20. The summed E-state index contributed by atoms with van der Waals surface area (Å²) in [7, 11) is 1.57.